The zero-order valence-electron chi connectivity index (χ0n) is 18.5. The molecular weight excluding hydrogens is 407 g/mol. The van der Waals surface area contributed by atoms with Crippen molar-refractivity contribution < 1.29 is 14.3 Å². The van der Waals surface area contributed by atoms with Crippen LogP contribution >= 0.6 is 0 Å². The number of aliphatic hydroxyl groups excluding tert-OH is 1. The summed E-state index contributed by atoms with van der Waals surface area (Å²) in [5.74, 6) is 5.09. The Morgan fingerprint density at radius 1 is 1.44 bits per heavy atom. The number of hydrogen-bond donors (Lipinski definition) is 3. The van der Waals surface area contributed by atoms with Crippen LogP contribution in [0.5, 0.6) is 0 Å². The second-order valence-electron chi connectivity index (χ2n) is 8.51. The van der Waals surface area contributed by atoms with E-state index in [9.17, 15) is 9.90 Å². The molecule has 0 aliphatic carbocycles. The first-order chi connectivity index (χ1) is 15.4. The number of para-hydroxylation sites is 1. The lowest BCUT2D eigenvalue weighted by Crippen LogP contribution is -2.27. The topological polar surface area (TPSA) is 85.6 Å². The average molecular weight is 437 g/mol. The standard InChI is InChI=1S/C25H29FN4O2/c1-3-7-21(31)29(2)12-6-8-16-11-13-30(15-16)24-19(26)14-18(25(27)32)23-22(24)17-9-4-5-10-20(17)28-23/h4-5,9-10,14,16,25,28,32H,6,8,11-13,15,27H2,1-2H3. The minimum Gasteiger partial charge on any atom is -0.374 e. The Morgan fingerprint density at radius 2 is 2.22 bits per heavy atom. The van der Waals surface area contributed by atoms with Crippen LogP contribution in [0.25, 0.3) is 21.8 Å². The minimum atomic E-state index is -1.27. The van der Waals surface area contributed by atoms with Gasteiger partial charge >= 0.3 is 0 Å². The van der Waals surface area contributed by atoms with Gasteiger partial charge in [0.15, 0.2) is 0 Å². The molecule has 0 saturated carbocycles. The Bertz CT molecular complexity index is 1210. The van der Waals surface area contributed by atoms with Crippen LogP contribution in [0, 0.1) is 23.6 Å². The summed E-state index contributed by atoms with van der Waals surface area (Å²) in [7, 11) is 1.77. The number of amides is 1. The van der Waals surface area contributed by atoms with E-state index in [-0.39, 0.29) is 11.7 Å². The number of carbonyl (C=O) groups excluding carboxylic acids is 1. The Morgan fingerprint density at radius 3 is 2.97 bits per heavy atom. The van der Waals surface area contributed by atoms with Crippen LogP contribution in [0.2, 0.25) is 0 Å². The van der Waals surface area contributed by atoms with Crippen LogP contribution in [-0.4, -0.2) is 47.6 Å². The van der Waals surface area contributed by atoms with E-state index in [0.717, 1.165) is 48.6 Å². The van der Waals surface area contributed by atoms with Crippen LogP contribution < -0.4 is 10.6 Å². The Hall–Kier alpha value is -3.08. The normalized spacial score (nSPS) is 16.9. The largest absolute Gasteiger partial charge is 0.374 e. The van der Waals surface area contributed by atoms with Gasteiger partial charge in [-0.05, 0) is 50.2 Å². The van der Waals surface area contributed by atoms with Crippen LogP contribution in [0.15, 0.2) is 30.3 Å². The average Bonchev–Trinajstić information content (AvgIpc) is 3.38. The van der Waals surface area contributed by atoms with Crippen molar-refractivity contribution in [3.63, 3.8) is 0 Å². The van der Waals surface area contributed by atoms with E-state index in [1.54, 1.807) is 18.9 Å². The number of anilines is 1. The van der Waals surface area contributed by atoms with Crippen LogP contribution in [-0.2, 0) is 4.79 Å². The van der Waals surface area contributed by atoms with Gasteiger partial charge in [0.25, 0.3) is 5.91 Å². The molecule has 1 aromatic heterocycles. The Balaban J connectivity index is 1.57. The maximum absolute atomic E-state index is 15.4. The third-order valence-electron chi connectivity index (χ3n) is 6.35. The third kappa shape index (κ3) is 4.16. The molecule has 1 fully saturated rings. The molecule has 3 aromatic rings. The molecule has 1 saturated heterocycles. The summed E-state index contributed by atoms with van der Waals surface area (Å²) in [6.45, 7) is 3.83. The quantitative estimate of drug-likeness (QED) is 0.408. The summed E-state index contributed by atoms with van der Waals surface area (Å²) in [5, 5.41) is 11.7. The van der Waals surface area contributed by atoms with Gasteiger partial charge in [-0.15, -0.1) is 0 Å². The number of nitrogens with two attached hydrogens (primary N) is 1. The van der Waals surface area contributed by atoms with Gasteiger partial charge in [0.05, 0.1) is 11.2 Å². The van der Waals surface area contributed by atoms with Gasteiger partial charge in [-0.1, -0.05) is 24.1 Å². The summed E-state index contributed by atoms with van der Waals surface area (Å²) >= 11 is 0. The second kappa shape index (κ2) is 9.19. The highest BCUT2D eigenvalue weighted by molar-refractivity contribution is 6.14. The number of H-pyrrole nitrogens is 1. The summed E-state index contributed by atoms with van der Waals surface area (Å²) in [4.78, 5) is 18.9. The van der Waals surface area contributed by atoms with E-state index in [1.807, 2.05) is 24.3 Å². The smallest absolute Gasteiger partial charge is 0.298 e. The molecule has 0 radical (unpaired) electrons. The van der Waals surface area contributed by atoms with E-state index < -0.39 is 6.23 Å². The maximum atomic E-state index is 15.4. The van der Waals surface area contributed by atoms with Crippen molar-refractivity contribution >= 4 is 33.4 Å². The Labute approximate surface area is 187 Å². The fourth-order valence-electron chi connectivity index (χ4n) is 4.74. The van der Waals surface area contributed by atoms with Gasteiger partial charge in [0.1, 0.15) is 12.0 Å². The highest BCUT2D eigenvalue weighted by Crippen LogP contribution is 2.41. The fraction of sp³-hybridized carbons (Fsp3) is 0.400. The molecule has 32 heavy (non-hydrogen) atoms. The van der Waals surface area contributed by atoms with Gasteiger partial charge in [-0.2, -0.15) is 0 Å². The monoisotopic (exact) mass is 436 g/mol. The fourth-order valence-corrected chi connectivity index (χ4v) is 4.74. The van der Waals surface area contributed by atoms with Crippen molar-refractivity contribution in [2.45, 2.75) is 32.4 Å². The second-order valence-corrected chi connectivity index (χ2v) is 8.51. The SMILES string of the molecule is CC#CC(=O)N(C)CCCC1CCN(c2c(F)cc(C(N)O)c3[nH]c4ccccc4c23)C1. The molecule has 2 heterocycles. The van der Waals surface area contributed by atoms with Gasteiger partial charge in [0, 0.05) is 48.5 Å². The molecule has 0 spiro atoms. The number of aromatic nitrogens is 1. The lowest BCUT2D eigenvalue weighted by molar-refractivity contribution is -0.123. The summed E-state index contributed by atoms with van der Waals surface area (Å²) in [6, 6.07) is 9.10. The first-order valence-corrected chi connectivity index (χ1v) is 11.0. The van der Waals surface area contributed by atoms with E-state index in [0.29, 0.717) is 29.2 Å². The molecule has 2 aromatic carbocycles. The van der Waals surface area contributed by atoms with Crippen molar-refractivity contribution in [1.29, 1.82) is 0 Å². The molecule has 1 aliphatic heterocycles. The number of aliphatic hydroxyl groups is 1. The van der Waals surface area contributed by atoms with Crippen molar-refractivity contribution in [1.82, 2.24) is 9.88 Å². The summed E-state index contributed by atoms with van der Waals surface area (Å²) < 4.78 is 15.4. The van der Waals surface area contributed by atoms with Crippen LogP contribution in [0.1, 0.15) is 38.0 Å². The molecule has 2 unspecified atom stereocenters. The number of hydrogen-bond acceptors (Lipinski definition) is 4. The van der Waals surface area contributed by atoms with Crippen molar-refractivity contribution in [2.75, 3.05) is 31.6 Å². The van der Waals surface area contributed by atoms with Crippen molar-refractivity contribution in [2.24, 2.45) is 11.7 Å². The summed E-state index contributed by atoms with van der Waals surface area (Å²) in [6.07, 6.45) is 1.55. The van der Waals surface area contributed by atoms with E-state index in [2.05, 4.69) is 21.7 Å². The number of benzene rings is 2. The van der Waals surface area contributed by atoms with Crippen LogP contribution in [0.3, 0.4) is 0 Å². The molecule has 4 rings (SSSR count). The molecule has 2 atom stereocenters. The Kier molecular flexibility index (Phi) is 6.35. The molecular formula is C25H29FN4O2. The zero-order valence-corrected chi connectivity index (χ0v) is 18.5. The van der Waals surface area contributed by atoms with Gasteiger partial charge in [-0.25, -0.2) is 4.39 Å². The molecule has 4 N–H and O–H groups in total. The van der Waals surface area contributed by atoms with Gasteiger partial charge in [-0.3, -0.25) is 4.79 Å². The van der Waals surface area contributed by atoms with Crippen molar-refractivity contribution in [3.05, 3.63) is 41.7 Å². The number of carbonyl (C=O) groups is 1. The van der Waals surface area contributed by atoms with Crippen molar-refractivity contribution in [3.8, 4) is 11.8 Å². The maximum Gasteiger partial charge on any atom is 0.298 e. The lowest BCUT2D eigenvalue weighted by Gasteiger charge is -2.22. The van der Waals surface area contributed by atoms with E-state index in [1.165, 1.54) is 6.07 Å². The molecule has 0 bridgehead atoms. The highest BCUT2D eigenvalue weighted by atomic mass is 19.1. The predicted octanol–water partition coefficient (Wildman–Crippen LogP) is 3.50. The van der Waals surface area contributed by atoms with Gasteiger partial charge < -0.3 is 25.6 Å². The van der Waals surface area contributed by atoms with Gasteiger partial charge in [0.2, 0.25) is 0 Å². The highest BCUT2D eigenvalue weighted by Gasteiger charge is 2.28. The number of rotatable bonds is 6. The number of nitrogens with zero attached hydrogens (tertiary/aromatic N) is 2. The minimum absolute atomic E-state index is 0.161. The lowest BCUT2D eigenvalue weighted by atomic mass is 10.0. The van der Waals surface area contributed by atoms with E-state index >= 15 is 4.39 Å². The van der Waals surface area contributed by atoms with E-state index in [4.69, 9.17) is 5.73 Å². The first kappa shape index (κ1) is 22.1. The van der Waals surface area contributed by atoms with Crippen LogP contribution in [0.4, 0.5) is 10.1 Å². The molecule has 1 amide bonds. The number of fused-ring (bicyclic) bond motifs is 3. The summed E-state index contributed by atoms with van der Waals surface area (Å²) in [5.41, 5.74) is 8.22. The first-order valence-electron chi connectivity index (χ1n) is 11.0. The zero-order chi connectivity index (χ0) is 22.8. The molecule has 168 valence electrons. The number of aromatic amines is 1. The number of nitrogens with one attached hydrogen (secondary N) is 1. The number of halogens is 1. The third-order valence-corrected chi connectivity index (χ3v) is 6.35. The molecule has 1 aliphatic rings. The molecule has 6 nitrogen and oxygen atoms in total. The predicted molar refractivity (Wildman–Crippen MR) is 126 cm³/mol. The molecule has 7 heteroatoms.